The van der Waals surface area contributed by atoms with Crippen LogP contribution in [0.5, 0.6) is 0 Å². The molecule has 0 unspecified atom stereocenters. The van der Waals surface area contributed by atoms with E-state index in [9.17, 15) is 0 Å². The van der Waals surface area contributed by atoms with Crippen LogP contribution >= 0.6 is 7.82 Å². The van der Waals surface area contributed by atoms with Crippen LogP contribution in [0, 0.1) is 0 Å². The van der Waals surface area contributed by atoms with Crippen molar-refractivity contribution in [1.82, 2.24) is 0 Å². The van der Waals surface area contributed by atoms with Crippen molar-refractivity contribution in [2.24, 2.45) is 0 Å². The third-order valence-electron chi connectivity index (χ3n) is 0. The molecule has 0 spiro atoms. The molecule has 0 amide bonds. The van der Waals surface area contributed by atoms with E-state index < -0.39 is 18.2 Å². The molecule has 8 nitrogen and oxygen atoms in total. The first-order valence-corrected chi connectivity index (χ1v) is 4.34. The van der Waals surface area contributed by atoms with Gasteiger partial charge in [0.05, 0.1) is 0 Å². The molecule has 0 heterocycles. The molecular formula is H3ClKMgO8PS. The van der Waals surface area contributed by atoms with Crippen molar-refractivity contribution in [3.05, 3.63) is 0 Å². The zero-order valence-electron chi connectivity index (χ0n) is 6.32. The zero-order chi connectivity index (χ0) is 9.00. The van der Waals surface area contributed by atoms with Gasteiger partial charge < -0.3 is 31.6 Å². The first-order valence-electron chi connectivity index (χ1n) is 1.45. The Kier molecular flexibility index (Phi) is 29.0. The fraction of sp³-hybridized carbons (Fsp3) is 0. The molecule has 0 aliphatic heterocycles. The maximum atomic E-state index is 8.77. The Morgan fingerprint density at radius 3 is 1.23 bits per heavy atom. The maximum absolute atomic E-state index is 8.77. The molecule has 0 atom stereocenters. The zero-order valence-corrected chi connectivity index (χ0v) is 13.3. The summed E-state index contributed by atoms with van der Waals surface area (Å²) < 4.78 is 41.6. The molecule has 0 saturated carbocycles. The van der Waals surface area contributed by atoms with Crippen molar-refractivity contribution < 1.29 is 101 Å². The van der Waals surface area contributed by atoms with Crippen LogP contribution in [0.15, 0.2) is 0 Å². The quantitative estimate of drug-likeness (QED) is 0.172. The first kappa shape index (κ1) is 29.6. The average molecular weight is 293 g/mol. The van der Waals surface area contributed by atoms with Gasteiger partial charge in [-0.2, -0.15) is 0 Å². The topological polar surface area (TPSA) is 158 Å². The predicted molar refractivity (Wildman–Crippen MR) is 30.1 cm³/mol. The normalized spacial score (nSPS) is 9.00. The molecule has 0 aliphatic rings. The largest absolute Gasteiger partial charge is 2.00 e. The summed E-state index contributed by atoms with van der Waals surface area (Å²) in [6.07, 6.45) is 0. The minimum absolute atomic E-state index is 0. The summed E-state index contributed by atoms with van der Waals surface area (Å²) in [7, 11) is -9.81. The summed E-state index contributed by atoms with van der Waals surface area (Å²) in [6.45, 7) is 0. The second-order valence-corrected chi connectivity index (χ2v) is 2.75. The second-order valence-electron chi connectivity index (χ2n) is 0.918. The molecule has 3 N–H and O–H groups in total. The number of halogens is 1. The minimum Gasteiger partial charge on any atom is -1.00 e. The third-order valence-corrected chi connectivity index (χ3v) is 0. The molecule has 13 heteroatoms. The van der Waals surface area contributed by atoms with E-state index in [1.54, 1.807) is 0 Å². The fourth-order valence-electron chi connectivity index (χ4n) is 0. The van der Waals surface area contributed by atoms with Crippen LogP contribution in [-0.2, 0) is 15.0 Å². The van der Waals surface area contributed by atoms with Gasteiger partial charge in [-0.25, -0.2) is 8.42 Å². The van der Waals surface area contributed by atoms with E-state index in [-0.39, 0.29) is 86.8 Å². The summed E-state index contributed by atoms with van der Waals surface area (Å²) in [5.74, 6) is 0. The van der Waals surface area contributed by atoms with E-state index in [2.05, 4.69) is 0 Å². The van der Waals surface area contributed by atoms with Gasteiger partial charge in [0.15, 0.2) is 0 Å². The SMILES string of the molecule is O=P([O-])(O)O.O=S(=O)([O-])O.[Cl-].[K+].[Mg+2]. The van der Waals surface area contributed by atoms with E-state index in [1.807, 2.05) is 0 Å². The molecule has 0 saturated heterocycles. The summed E-state index contributed by atoms with van der Waals surface area (Å²) in [6, 6.07) is 0. The summed E-state index contributed by atoms with van der Waals surface area (Å²) in [4.78, 5) is 22.9. The molecule has 0 aromatic rings. The molecule has 0 aliphatic carbocycles. The number of hydrogen-bond acceptors (Lipinski definition) is 5. The Hall–Kier alpha value is 2.67. The number of phosphoric acid groups is 1. The molecule has 13 heavy (non-hydrogen) atoms. The molecular weight excluding hydrogens is 290 g/mol. The van der Waals surface area contributed by atoms with Crippen molar-refractivity contribution >= 4 is 41.3 Å². The Labute approximate surface area is 139 Å². The first-order chi connectivity index (χ1) is 4.00. The van der Waals surface area contributed by atoms with Crippen molar-refractivity contribution in [1.29, 1.82) is 0 Å². The van der Waals surface area contributed by atoms with Gasteiger partial charge in [0.2, 0.25) is 10.4 Å². The molecule has 0 radical (unpaired) electrons. The Balaban J connectivity index is -0.0000000267. The standard InChI is InChI=1S/ClH.K.Mg.H3O4P.H2O4S/c;;;2*1-5(2,3)4/h1H;;;(H3,1,2,3,4);(H2,1,2,3,4)/q;+1;+2;;/p-3. The molecule has 0 bridgehead atoms. The van der Waals surface area contributed by atoms with Crippen LogP contribution < -0.4 is 68.7 Å². The molecule has 0 fully saturated rings. The van der Waals surface area contributed by atoms with Crippen LogP contribution in [0.3, 0.4) is 0 Å². The molecule has 0 rings (SSSR count). The monoisotopic (exact) mass is 292 g/mol. The Morgan fingerprint density at radius 2 is 1.23 bits per heavy atom. The van der Waals surface area contributed by atoms with Crippen LogP contribution in [0.1, 0.15) is 0 Å². The van der Waals surface area contributed by atoms with Gasteiger partial charge in [-0.15, -0.1) is 0 Å². The Bertz CT molecular complexity index is 202. The van der Waals surface area contributed by atoms with Crippen LogP contribution in [0.4, 0.5) is 0 Å². The van der Waals surface area contributed by atoms with Crippen molar-refractivity contribution in [3.8, 4) is 0 Å². The van der Waals surface area contributed by atoms with Crippen LogP contribution in [0.25, 0.3) is 0 Å². The van der Waals surface area contributed by atoms with Gasteiger partial charge in [0, 0.05) is 0 Å². The van der Waals surface area contributed by atoms with Gasteiger partial charge in [-0.1, -0.05) is 0 Å². The summed E-state index contributed by atoms with van der Waals surface area (Å²) >= 11 is 0. The van der Waals surface area contributed by atoms with Gasteiger partial charge in [0.25, 0.3) is 7.82 Å². The predicted octanol–water partition coefficient (Wildman–Crippen LogP) is -8.93. The fourth-order valence-corrected chi connectivity index (χ4v) is 0. The van der Waals surface area contributed by atoms with Crippen molar-refractivity contribution in [2.45, 2.75) is 0 Å². The van der Waals surface area contributed by atoms with Crippen LogP contribution in [0.2, 0.25) is 0 Å². The van der Waals surface area contributed by atoms with Crippen LogP contribution in [-0.4, -0.2) is 50.4 Å². The third kappa shape index (κ3) is 330. The molecule has 0 aromatic heterocycles. The van der Waals surface area contributed by atoms with E-state index in [0.717, 1.165) is 0 Å². The average Bonchev–Trinajstić information content (AvgIpc) is 1.12. The second kappa shape index (κ2) is 12.7. The summed E-state index contributed by atoms with van der Waals surface area (Å²) in [5, 5.41) is 0. The van der Waals surface area contributed by atoms with Gasteiger partial charge in [-0.05, 0) is 0 Å². The van der Waals surface area contributed by atoms with Gasteiger partial charge >= 0.3 is 74.4 Å². The molecule has 0 aromatic carbocycles. The van der Waals surface area contributed by atoms with Gasteiger partial charge in [-0.3, -0.25) is 9.12 Å². The van der Waals surface area contributed by atoms with E-state index in [0.29, 0.717) is 0 Å². The Morgan fingerprint density at radius 1 is 1.23 bits per heavy atom. The van der Waals surface area contributed by atoms with Gasteiger partial charge in [0.1, 0.15) is 0 Å². The minimum atomic E-state index is -4.92. The van der Waals surface area contributed by atoms with E-state index in [1.165, 1.54) is 0 Å². The number of hydrogen-bond donors (Lipinski definition) is 3. The maximum Gasteiger partial charge on any atom is 2.00 e. The molecule has 72 valence electrons. The summed E-state index contributed by atoms with van der Waals surface area (Å²) in [5.41, 5.74) is 0. The van der Waals surface area contributed by atoms with E-state index in [4.69, 9.17) is 36.8 Å². The number of rotatable bonds is 0. The van der Waals surface area contributed by atoms with Crippen molar-refractivity contribution in [3.63, 3.8) is 0 Å². The smallest absolute Gasteiger partial charge is 1.00 e. The van der Waals surface area contributed by atoms with E-state index >= 15 is 0 Å². The van der Waals surface area contributed by atoms with Crippen molar-refractivity contribution in [2.75, 3.05) is 0 Å².